The van der Waals surface area contributed by atoms with Gasteiger partial charge in [-0.1, -0.05) is 19.3 Å². The van der Waals surface area contributed by atoms with Crippen LogP contribution in [0.4, 0.5) is 5.82 Å². The van der Waals surface area contributed by atoms with Crippen LogP contribution in [0.5, 0.6) is 0 Å². The minimum atomic E-state index is -0.913. The topological polar surface area (TPSA) is 53.4 Å². The molecule has 4 heteroatoms. The average molecular weight is 274 g/mol. The zero-order valence-electron chi connectivity index (χ0n) is 11.8. The van der Waals surface area contributed by atoms with E-state index in [-0.39, 0.29) is 5.56 Å². The molecule has 1 spiro atoms. The SMILES string of the molecule is O=C(O)c1ccc(N2CCC3(CCCCC3)CC2)nc1. The van der Waals surface area contributed by atoms with Crippen LogP contribution in [0.25, 0.3) is 0 Å². The van der Waals surface area contributed by atoms with E-state index in [1.807, 2.05) is 6.07 Å². The van der Waals surface area contributed by atoms with Gasteiger partial charge in [0.1, 0.15) is 5.82 Å². The van der Waals surface area contributed by atoms with Gasteiger partial charge < -0.3 is 10.0 Å². The Labute approximate surface area is 119 Å². The predicted octanol–water partition coefficient (Wildman–Crippen LogP) is 3.33. The van der Waals surface area contributed by atoms with Gasteiger partial charge in [0.2, 0.25) is 0 Å². The van der Waals surface area contributed by atoms with Crippen molar-refractivity contribution in [3.63, 3.8) is 0 Å². The second-order valence-electron chi connectivity index (χ2n) is 6.26. The van der Waals surface area contributed by atoms with E-state index in [1.165, 1.54) is 51.1 Å². The molecule has 1 aliphatic heterocycles. The first-order valence-electron chi connectivity index (χ1n) is 7.63. The highest BCUT2D eigenvalue weighted by molar-refractivity contribution is 5.87. The summed E-state index contributed by atoms with van der Waals surface area (Å²) < 4.78 is 0. The number of rotatable bonds is 2. The number of carboxylic acids is 1. The van der Waals surface area contributed by atoms with Crippen LogP contribution in [0, 0.1) is 5.41 Å². The Bertz CT molecular complexity index is 468. The number of carbonyl (C=O) groups is 1. The van der Waals surface area contributed by atoms with Gasteiger partial charge in [0, 0.05) is 19.3 Å². The zero-order valence-corrected chi connectivity index (χ0v) is 11.8. The summed E-state index contributed by atoms with van der Waals surface area (Å²) in [6.45, 7) is 2.11. The van der Waals surface area contributed by atoms with Crippen LogP contribution in [0.1, 0.15) is 55.3 Å². The maximum atomic E-state index is 10.8. The molecule has 1 aliphatic carbocycles. The number of hydrogen-bond donors (Lipinski definition) is 1. The van der Waals surface area contributed by atoms with Crippen molar-refractivity contribution in [2.75, 3.05) is 18.0 Å². The first-order chi connectivity index (χ1) is 9.69. The fraction of sp³-hybridized carbons (Fsp3) is 0.625. The molecule has 0 amide bonds. The van der Waals surface area contributed by atoms with Crippen LogP contribution < -0.4 is 4.90 Å². The second kappa shape index (κ2) is 5.43. The van der Waals surface area contributed by atoms with E-state index < -0.39 is 5.97 Å². The Morgan fingerprint density at radius 1 is 1.10 bits per heavy atom. The molecule has 3 rings (SSSR count). The molecule has 2 fully saturated rings. The third-order valence-corrected chi connectivity index (χ3v) is 5.06. The maximum absolute atomic E-state index is 10.8. The van der Waals surface area contributed by atoms with E-state index in [2.05, 4.69) is 9.88 Å². The number of nitrogens with zero attached hydrogens (tertiary/aromatic N) is 2. The number of hydrogen-bond acceptors (Lipinski definition) is 3. The average Bonchev–Trinajstić information content (AvgIpc) is 2.49. The molecule has 0 radical (unpaired) electrons. The lowest BCUT2D eigenvalue weighted by atomic mass is 9.68. The number of anilines is 1. The van der Waals surface area contributed by atoms with Crippen molar-refractivity contribution in [3.05, 3.63) is 23.9 Å². The highest BCUT2D eigenvalue weighted by Crippen LogP contribution is 2.44. The van der Waals surface area contributed by atoms with Gasteiger partial charge in [-0.05, 0) is 43.2 Å². The van der Waals surface area contributed by atoms with E-state index >= 15 is 0 Å². The number of carboxylic acid groups (broad SMARTS) is 1. The van der Waals surface area contributed by atoms with Crippen molar-refractivity contribution in [2.45, 2.75) is 44.9 Å². The molecule has 108 valence electrons. The summed E-state index contributed by atoms with van der Waals surface area (Å²) in [6, 6.07) is 3.48. The third kappa shape index (κ3) is 2.65. The van der Waals surface area contributed by atoms with Gasteiger partial charge in [-0.3, -0.25) is 0 Å². The van der Waals surface area contributed by atoms with Gasteiger partial charge >= 0.3 is 5.97 Å². The fourth-order valence-electron chi connectivity index (χ4n) is 3.71. The summed E-state index contributed by atoms with van der Waals surface area (Å²) in [5.41, 5.74) is 0.852. The molecule has 2 aliphatic rings. The number of aromatic nitrogens is 1. The van der Waals surface area contributed by atoms with E-state index in [0.29, 0.717) is 5.41 Å². The normalized spacial score (nSPS) is 21.9. The lowest BCUT2D eigenvalue weighted by Crippen LogP contribution is -2.41. The highest BCUT2D eigenvalue weighted by atomic mass is 16.4. The number of pyridine rings is 1. The van der Waals surface area contributed by atoms with Crippen molar-refractivity contribution in [2.24, 2.45) is 5.41 Å². The molecule has 1 saturated carbocycles. The summed E-state index contributed by atoms with van der Waals surface area (Å²) in [5.74, 6) is 0.00418. The molecule has 0 aromatic carbocycles. The smallest absolute Gasteiger partial charge is 0.337 e. The van der Waals surface area contributed by atoms with Gasteiger partial charge in [-0.2, -0.15) is 0 Å². The number of piperidine rings is 1. The van der Waals surface area contributed by atoms with Gasteiger partial charge in [-0.15, -0.1) is 0 Å². The molecule has 1 aromatic heterocycles. The Hall–Kier alpha value is -1.58. The Kier molecular flexibility index (Phi) is 3.64. The minimum Gasteiger partial charge on any atom is -0.478 e. The van der Waals surface area contributed by atoms with Crippen molar-refractivity contribution >= 4 is 11.8 Å². The highest BCUT2D eigenvalue weighted by Gasteiger charge is 2.35. The van der Waals surface area contributed by atoms with Gasteiger partial charge in [0.25, 0.3) is 0 Å². The lowest BCUT2D eigenvalue weighted by Gasteiger charge is -2.44. The van der Waals surface area contributed by atoms with E-state index in [0.717, 1.165) is 18.9 Å². The maximum Gasteiger partial charge on any atom is 0.337 e. The zero-order chi connectivity index (χ0) is 14.0. The van der Waals surface area contributed by atoms with E-state index in [4.69, 9.17) is 5.11 Å². The summed E-state index contributed by atoms with van der Waals surface area (Å²) in [4.78, 5) is 17.4. The molecule has 4 nitrogen and oxygen atoms in total. The molecule has 0 atom stereocenters. The van der Waals surface area contributed by atoms with Crippen LogP contribution in [0.2, 0.25) is 0 Å². The standard InChI is InChI=1S/C16H22N2O2/c19-15(20)13-4-5-14(17-12-13)18-10-8-16(9-11-18)6-2-1-3-7-16/h4-5,12H,1-3,6-11H2,(H,19,20). The van der Waals surface area contributed by atoms with Crippen molar-refractivity contribution in [3.8, 4) is 0 Å². The molecular weight excluding hydrogens is 252 g/mol. The van der Waals surface area contributed by atoms with Crippen LogP contribution in [0.15, 0.2) is 18.3 Å². The molecule has 20 heavy (non-hydrogen) atoms. The van der Waals surface area contributed by atoms with E-state index in [1.54, 1.807) is 6.07 Å². The Morgan fingerprint density at radius 3 is 2.35 bits per heavy atom. The summed E-state index contributed by atoms with van der Waals surface area (Å²) in [5, 5.41) is 8.90. The van der Waals surface area contributed by atoms with Crippen molar-refractivity contribution in [1.29, 1.82) is 0 Å². The van der Waals surface area contributed by atoms with Crippen LogP contribution >= 0.6 is 0 Å². The first-order valence-corrected chi connectivity index (χ1v) is 7.63. The van der Waals surface area contributed by atoms with Crippen LogP contribution in [-0.4, -0.2) is 29.1 Å². The molecule has 0 unspecified atom stereocenters. The first kappa shape index (κ1) is 13.4. The molecule has 2 heterocycles. The van der Waals surface area contributed by atoms with Crippen molar-refractivity contribution < 1.29 is 9.90 Å². The van der Waals surface area contributed by atoms with Crippen LogP contribution in [0.3, 0.4) is 0 Å². The molecule has 1 aromatic rings. The summed E-state index contributed by atoms with van der Waals surface area (Å²) in [7, 11) is 0. The largest absolute Gasteiger partial charge is 0.478 e. The summed E-state index contributed by atoms with van der Waals surface area (Å²) in [6.07, 6.45) is 11.0. The molecular formula is C16H22N2O2. The van der Waals surface area contributed by atoms with Crippen molar-refractivity contribution in [1.82, 2.24) is 4.98 Å². The number of aromatic carboxylic acids is 1. The van der Waals surface area contributed by atoms with Gasteiger partial charge in [-0.25, -0.2) is 9.78 Å². The fourth-order valence-corrected chi connectivity index (χ4v) is 3.71. The monoisotopic (exact) mass is 274 g/mol. The van der Waals surface area contributed by atoms with Crippen LogP contribution in [-0.2, 0) is 0 Å². The molecule has 1 saturated heterocycles. The lowest BCUT2D eigenvalue weighted by molar-refractivity contribution is 0.0696. The van der Waals surface area contributed by atoms with E-state index in [9.17, 15) is 4.79 Å². The predicted molar refractivity (Wildman–Crippen MR) is 78.2 cm³/mol. The third-order valence-electron chi connectivity index (χ3n) is 5.06. The minimum absolute atomic E-state index is 0.259. The Balaban J connectivity index is 1.64. The summed E-state index contributed by atoms with van der Waals surface area (Å²) >= 11 is 0. The molecule has 1 N–H and O–H groups in total. The Morgan fingerprint density at radius 2 is 1.80 bits per heavy atom. The van der Waals surface area contributed by atoms with Gasteiger partial charge in [0.15, 0.2) is 0 Å². The second-order valence-corrected chi connectivity index (χ2v) is 6.26. The molecule has 0 bridgehead atoms. The van der Waals surface area contributed by atoms with Gasteiger partial charge in [0.05, 0.1) is 5.56 Å². The quantitative estimate of drug-likeness (QED) is 0.898.